The van der Waals surface area contributed by atoms with Crippen molar-refractivity contribution >= 4 is 7.82 Å². The molecule has 0 aliphatic carbocycles. The van der Waals surface area contributed by atoms with Gasteiger partial charge in [0.2, 0.25) is 0 Å². The van der Waals surface area contributed by atoms with E-state index < -0.39 is 7.82 Å². The first-order chi connectivity index (χ1) is 2.00. The molecule has 4 nitrogen and oxygen atoms in total. The molecule has 0 fully saturated rings. The van der Waals surface area contributed by atoms with Crippen molar-refractivity contribution in [2.24, 2.45) is 0 Å². The summed E-state index contributed by atoms with van der Waals surface area (Å²) in [5.74, 6) is 0. The summed E-state index contributed by atoms with van der Waals surface area (Å²) in [6, 6.07) is 0. The van der Waals surface area contributed by atoms with Crippen LogP contribution in [0.5, 0.6) is 0 Å². The second kappa shape index (κ2) is 6.49. The number of hydrogen-bond acceptors (Lipinski definition) is 4. The van der Waals surface area contributed by atoms with E-state index in [1.165, 1.54) is 0 Å². The molecule has 0 spiro atoms. The summed E-state index contributed by atoms with van der Waals surface area (Å²) in [4.78, 5) is 25.6. The van der Waals surface area contributed by atoms with E-state index in [0.29, 0.717) is 0 Å². The molecule has 0 saturated heterocycles. The maximum atomic E-state index is 8.55. The number of rotatable bonds is 0. The average Bonchev–Trinajstić information content (AvgIpc) is 0.722. The fourth-order valence-corrected chi connectivity index (χ4v) is 0. The zero-order chi connectivity index (χ0) is 4.50. The quantitative estimate of drug-likeness (QED) is 0.309. The molecule has 0 atom stereocenters. The predicted octanol–water partition coefficient (Wildman–Crippen LogP) is -5.82. The van der Waals surface area contributed by atoms with Gasteiger partial charge in [-0.3, -0.25) is 0 Å². The van der Waals surface area contributed by atoms with Gasteiger partial charge < -0.3 is 19.2 Å². The Kier molecular flexibility index (Phi) is 15.0. The van der Waals surface area contributed by atoms with E-state index in [2.05, 4.69) is 0 Å². The SMILES string of the molecule is O=P([O-])([O-])[O-].[K+].[Ru+3]. The molecule has 1 radical (unpaired) electrons. The molecule has 0 unspecified atom stereocenters. The molecular weight excluding hydrogens is 235 g/mol. The van der Waals surface area contributed by atoms with Gasteiger partial charge in [0.1, 0.15) is 0 Å². The van der Waals surface area contributed by atoms with Crippen molar-refractivity contribution < 1.29 is 90.1 Å². The van der Waals surface area contributed by atoms with E-state index in [-0.39, 0.29) is 70.9 Å². The van der Waals surface area contributed by atoms with E-state index in [1.54, 1.807) is 0 Å². The molecule has 0 rings (SSSR count). The fourth-order valence-electron chi connectivity index (χ4n) is 0. The Morgan fingerprint density at radius 1 is 1.14 bits per heavy atom. The van der Waals surface area contributed by atoms with Gasteiger partial charge in [0.25, 0.3) is 0 Å². The van der Waals surface area contributed by atoms with Gasteiger partial charge in [-0.1, -0.05) is 0 Å². The molecule has 0 bridgehead atoms. The molecule has 0 aliphatic rings. The molecule has 0 amide bonds. The van der Waals surface area contributed by atoms with E-state index in [0.717, 1.165) is 0 Å². The molecule has 0 heterocycles. The van der Waals surface area contributed by atoms with Crippen molar-refractivity contribution in [3.05, 3.63) is 0 Å². The van der Waals surface area contributed by atoms with Gasteiger partial charge in [-0.25, -0.2) is 0 Å². The van der Waals surface area contributed by atoms with Crippen LogP contribution in [-0.4, -0.2) is 0 Å². The summed E-state index contributed by atoms with van der Waals surface area (Å²) in [6.07, 6.45) is 0. The summed E-state index contributed by atoms with van der Waals surface area (Å²) < 4.78 is 8.55. The van der Waals surface area contributed by atoms with Crippen LogP contribution in [0.3, 0.4) is 0 Å². The van der Waals surface area contributed by atoms with Crippen LogP contribution in [0, 0.1) is 0 Å². The minimum atomic E-state index is -5.39. The smallest absolute Gasteiger partial charge is 0.822 e. The molecule has 0 aliphatic heterocycles. The standard InChI is InChI=1S/K.H3O4P.Ru/c;1-5(2,3)4;/h;(H3,1,2,3,4);/q+1;;+3/p-3. The Morgan fingerprint density at radius 3 is 1.14 bits per heavy atom. The van der Waals surface area contributed by atoms with Crippen molar-refractivity contribution in [3.8, 4) is 0 Å². The van der Waals surface area contributed by atoms with E-state index in [1.807, 2.05) is 0 Å². The van der Waals surface area contributed by atoms with E-state index in [9.17, 15) is 0 Å². The van der Waals surface area contributed by atoms with Gasteiger partial charge in [0.15, 0.2) is 0 Å². The van der Waals surface area contributed by atoms with Crippen LogP contribution in [0.15, 0.2) is 0 Å². The second-order valence-electron chi connectivity index (χ2n) is 0.447. The van der Waals surface area contributed by atoms with Crippen molar-refractivity contribution in [1.29, 1.82) is 0 Å². The molecule has 7 heavy (non-hydrogen) atoms. The second-order valence-corrected chi connectivity index (χ2v) is 1.34. The normalized spacial score (nSPS) is 8.43. The molecule has 0 aromatic rings. The summed E-state index contributed by atoms with van der Waals surface area (Å²) in [7, 11) is -5.39. The minimum Gasteiger partial charge on any atom is -0.822 e. The first kappa shape index (κ1) is 16.2. The van der Waals surface area contributed by atoms with Crippen LogP contribution in [0.1, 0.15) is 0 Å². The molecule has 37 valence electrons. The first-order valence-electron chi connectivity index (χ1n) is 0.730. The van der Waals surface area contributed by atoms with Crippen molar-refractivity contribution in [3.63, 3.8) is 0 Å². The van der Waals surface area contributed by atoms with Gasteiger partial charge >= 0.3 is 70.9 Å². The van der Waals surface area contributed by atoms with Gasteiger partial charge in [-0.05, 0) is 0 Å². The van der Waals surface area contributed by atoms with Crippen molar-refractivity contribution in [2.45, 2.75) is 0 Å². The van der Waals surface area contributed by atoms with Gasteiger partial charge in [0.05, 0.1) is 0 Å². The van der Waals surface area contributed by atoms with E-state index in [4.69, 9.17) is 19.2 Å². The minimum absolute atomic E-state index is 0. The maximum absolute atomic E-state index is 8.55. The number of phosphoric acid groups is 1. The van der Waals surface area contributed by atoms with Crippen LogP contribution in [0.2, 0.25) is 0 Å². The molecule has 0 saturated carbocycles. The first-order valence-corrected chi connectivity index (χ1v) is 2.19. The Morgan fingerprint density at radius 2 is 1.14 bits per heavy atom. The zero-order valence-electron chi connectivity index (χ0n) is 3.43. The van der Waals surface area contributed by atoms with Crippen LogP contribution >= 0.6 is 7.82 Å². The van der Waals surface area contributed by atoms with Gasteiger partial charge in [-0.15, -0.1) is 0 Å². The van der Waals surface area contributed by atoms with Gasteiger partial charge in [-0.2, -0.15) is 7.82 Å². The van der Waals surface area contributed by atoms with Crippen molar-refractivity contribution in [2.75, 3.05) is 0 Å². The third-order valence-electron chi connectivity index (χ3n) is 0. The van der Waals surface area contributed by atoms with Crippen LogP contribution in [-0.2, 0) is 24.0 Å². The Labute approximate surface area is 96.1 Å². The molecular formula is KO4PRu+. The van der Waals surface area contributed by atoms with Gasteiger partial charge in [0, 0.05) is 0 Å². The molecule has 0 N–H and O–H groups in total. The van der Waals surface area contributed by atoms with Crippen LogP contribution in [0.4, 0.5) is 0 Å². The fraction of sp³-hybridized carbons (Fsp3) is 0. The predicted molar refractivity (Wildman–Crippen MR) is 7.61 cm³/mol. The number of hydrogen-bond donors (Lipinski definition) is 0. The van der Waals surface area contributed by atoms with E-state index >= 15 is 0 Å². The van der Waals surface area contributed by atoms with Crippen LogP contribution < -0.4 is 66.1 Å². The van der Waals surface area contributed by atoms with Crippen molar-refractivity contribution in [1.82, 2.24) is 0 Å². The summed E-state index contributed by atoms with van der Waals surface area (Å²) >= 11 is 0. The zero-order valence-corrected chi connectivity index (χ0v) is 9.19. The summed E-state index contributed by atoms with van der Waals surface area (Å²) in [5.41, 5.74) is 0. The Bertz CT molecular complexity index is 57.8. The summed E-state index contributed by atoms with van der Waals surface area (Å²) in [5, 5.41) is 0. The molecule has 0 aromatic carbocycles. The topological polar surface area (TPSA) is 86.2 Å². The summed E-state index contributed by atoms with van der Waals surface area (Å²) in [6.45, 7) is 0. The Balaban J connectivity index is -0.0000000800. The van der Waals surface area contributed by atoms with Crippen LogP contribution in [0.25, 0.3) is 0 Å². The third-order valence-corrected chi connectivity index (χ3v) is 0. The molecule has 7 heteroatoms. The largest absolute Gasteiger partial charge is 3.00 e. The Hall–Kier alpha value is 2.37. The monoisotopic (exact) mass is 236 g/mol. The third kappa shape index (κ3) is 60.5. The average molecular weight is 235 g/mol. The maximum Gasteiger partial charge on any atom is 3.00 e. The molecule has 0 aromatic heterocycles.